The molecule has 5 heteroatoms. The molecule has 1 unspecified atom stereocenters. The van der Waals surface area contributed by atoms with Gasteiger partial charge in [0.2, 0.25) is 5.91 Å². The van der Waals surface area contributed by atoms with Gasteiger partial charge in [-0.05, 0) is 43.7 Å². The molecule has 0 spiro atoms. The topological polar surface area (TPSA) is 44.8 Å². The number of anilines is 1. The van der Waals surface area contributed by atoms with Crippen molar-refractivity contribution in [3.05, 3.63) is 24.3 Å². The number of ether oxygens (including phenoxy) is 1. The Kier molecular flexibility index (Phi) is 4.83. The van der Waals surface area contributed by atoms with E-state index < -0.39 is 0 Å². The van der Waals surface area contributed by atoms with Gasteiger partial charge in [-0.2, -0.15) is 0 Å². The Morgan fingerprint density at radius 3 is 2.50 bits per heavy atom. The van der Waals surface area contributed by atoms with Crippen molar-refractivity contribution in [3.63, 3.8) is 0 Å². The van der Waals surface area contributed by atoms with Crippen LogP contribution in [-0.2, 0) is 4.79 Å². The summed E-state index contributed by atoms with van der Waals surface area (Å²) in [6.45, 7) is 7.09. The summed E-state index contributed by atoms with van der Waals surface area (Å²) < 4.78 is 6.01. The number of nitrogens with zero attached hydrogens (tertiary/aromatic N) is 2. The van der Waals surface area contributed by atoms with Crippen molar-refractivity contribution in [1.29, 1.82) is 0 Å². The van der Waals surface area contributed by atoms with Crippen LogP contribution >= 0.6 is 0 Å². The molecule has 1 atom stereocenters. The minimum atomic E-state index is 0.171. The maximum Gasteiger partial charge on any atom is 0.219 e. The second kappa shape index (κ2) is 7.01. The van der Waals surface area contributed by atoms with Crippen LogP contribution in [0.5, 0.6) is 5.75 Å². The molecular weight excluding hydrogens is 278 g/mol. The summed E-state index contributed by atoms with van der Waals surface area (Å²) in [5, 5.41) is 3.37. The smallest absolute Gasteiger partial charge is 0.219 e. The molecule has 5 nitrogen and oxygen atoms in total. The SMILES string of the molecule is CC(=O)N1CCN(c2ccc(OC3CCCNC3)cc2)CC1. The molecule has 2 saturated heterocycles. The van der Waals surface area contributed by atoms with Crippen LogP contribution < -0.4 is 15.0 Å². The molecule has 2 fully saturated rings. The van der Waals surface area contributed by atoms with E-state index in [1.165, 1.54) is 12.1 Å². The molecule has 22 heavy (non-hydrogen) atoms. The normalized spacial score (nSPS) is 22.5. The van der Waals surface area contributed by atoms with Crippen LogP contribution in [0.2, 0.25) is 0 Å². The fourth-order valence-corrected chi connectivity index (χ4v) is 3.13. The molecule has 0 saturated carbocycles. The number of benzene rings is 1. The molecular formula is C17H25N3O2. The van der Waals surface area contributed by atoms with Gasteiger partial charge in [0.25, 0.3) is 0 Å². The number of nitrogens with one attached hydrogen (secondary N) is 1. The summed E-state index contributed by atoms with van der Waals surface area (Å²) in [6, 6.07) is 8.35. The van der Waals surface area contributed by atoms with E-state index >= 15 is 0 Å². The Bertz CT molecular complexity index is 489. The molecule has 1 aromatic carbocycles. The molecule has 1 aromatic rings. The van der Waals surface area contributed by atoms with E-state index in [1.54, 1.807) is 6.92 Å². The lowest BCUT2D eigenvalue weighted by Crippen LogP contribution is -2.48. The van der Waals surface area contributed by atoms with Crippen molar-refractivity contribution in [2.24, 2.45) is 0 Å². The molecule has 0 aromatic heterocycles. The molecule has 0 bridgehead atoms. The molecule has 0 aliphatic carbocycles. The van der Waals surface area contributed by atoms with Gasteiger partial charge in [0.1, 0.15) is 11.9 Å². The Labute approximate surface area is 132 Å². The van der Waals surface area contributed by atoms with Gasteiger partial charge in [-0.3, -0.25) is 4.79 Å². The van der Waals surface area contributed by atoms with Crippen molar-refractivity contribution >= 4 is 11.6 Å². The van der Waals surface area contributed by atoms with Crippen molar-refractivity contribution in [2.45, 2.75) is 25.9 Å². The zero-order chi connectivity index (χ0) is 15.4. The lowest BCUT2D eigenvalue weighted by molar-refractivity contribution is -0.129. The zero-order valence-corrected chi connectivity index (χ0v) is 13.3. The minimum Gasteiger partial charge on any atom is -0.489 e. The summed E-state index contributed by atoms with van der Waals surface area (Å²) in [5.74, 6) is 1.12. The maximum absolute atomic E-state index is 11.4. The molecule has 2 heterocycles. The summed E-state index contributed by atoms with van der Waals surface area (Å²) in [4.78, 5) is 15.6. The van der Waals surface area contributed by atoms with Gasteiger partial charge in [0, 0.05) is 45.3 Å². The summed E-state index contributed by atoms with van der Waals surface area (Å²) in [5.41, 5.74) is 1.21. The number of piperazine rings is 1. The second-order valence-corrected chi connectivity index (χ2v) is 6.07. The van der Waals surface area contributed by atoms with Crippen LogP contribution in [0.4, 0.5) is 5.69 Å². The van der Waals surface area contributed by atoms with Crippen molar-refractivity contribution < 1.29 is 9.53 Å². The van der Waals surface area contributed by atoms with Gasteiger partial charge >= 0.3 is 0 Å². The highest BCUT2D eigenvalue weighted by Gasteiger charge is 2.19. The number of piperidine rings is 1. The first kappa shape index (κ1) is 15.2. The minimum absolute atomic E-state index is 0.171. The van der Waals surface area contributed by atoms with Gasteiger partial charge in [0.05, 0.1) is 0 Å². The number of carbonyl (C=O) groups is 1. The average Bonchev–Trinajstić information content (AvgIpc) is 2.57. The van der Waals surface area contributed by atoms with Crippen molar-refractivity contribution in [1.82, 2.24) is 10.2 Å². The third kappa shape index (κ3) is 3.71. The van der Waals surface area contributed by atoms with Gasteiger partial charge in [0.15, 0.2) is 0 Å². The lowest BCUT2D eigenvalue weighted by Gasteiger charge is -2.35. The molecule has 1 amide bonds. The zero-order valence-electron chi connectivity index (χ0n) is 13.3. The average molecular weight is 303 g/mol. The molecule has 3 rings (SSSR count). The molecule has 1 N–H and O–H groups in total. The van der Waals surface area contributed by atoms with E-state index in [-0.39, 0.29) is 5.91 Å². The van der Waals surface area contributed by atoms with E-state index in [2.05, 4.69) is 34.5 Å². The molecule has 120 valence electrons. The van der Waals surface area contributed by atoms with E-state index in [0.717, 1.165) is 51.4 Å². The third-order valence-corrected chi connectivity index (χ3v) is 4.48. The Hall–Kier alpha value is -1.75. The number of carbonyl (C=O) groups excluding carboxylic acids is 1. The van der Waals surface area contributed by atoms with Gasteiger partial charge < -0.3 is 19.9 Å². The monoisotopic (exact) mass is 303 g/mol. The van der Waals surface area contributed by atoms with Gasteiger partial charge in [-0.15, -0.1) is 0 Å². The Morgan fingerprint density at radius 1 is 1.18 bits per heavy atom. The Morgan fingerprint density at radius 2 is 1.91 bits per heavy atom. The van der Waals surface area contributed by atoms with Crippen LogP contribution in [0.25, 0.3) is 0 Å². The number of rotatable bonds is 3. The van der Waals surface area contributed by atoms with Crippen molar-refractivity contribution in [2.75, 3.05) is 44.2 Å². The Balaban J connectivity index is 1.54. The first-order chi connectivity index (χ1) is 10.7. The number of hydrogen-bond donors (Lipinski definition) is 1. The highest BCUT2D eigenvalue weighted by molar-refractivity contribution is 5.73. The number of hydrogen-bond acceptors (Lipinski definition) is 4. The molecule has 2 aliphatic heterocycles. The third-order valence-electron chi connectivity index (χ3n) is 4.48. The summed E-state index contributed by atoms with van der Waals surface area (Å²) in [6.07, 6.45) is 2.60. The first-order valence-electron chi connectivity index (χ1n) is 8.20. The van der Waals surface area contributed by atoms with Crippen LogP contribution in [0.15, 0.2) is 24.3 Å². The van der Waals surface area contributed by atoms with Crippen molar-refractivity contribution in [3.8, 4) is 5.75 Å². The van der Waals surface area contributed by atoms with E-state index in [1.807, 2.05) is 4.90 Å². The maximum atomic E-state index is 11.4. The van der Waals surface area contributed by atoms with E-state index in [9.17, 15) is 4.79 Å². The van der Waals surface area contributed by atoms with Crippen LogP contribution in [0.1, 0.15) is 19.8 Å². The second-order valence-electron chi connectivity index (χ2n) is 6.07. The highest BCUT2D eigenvalue weighted by atomic mass is 16.5. The quantitative estimate of drug-likeness (QED) is 0.919. The first-order valence-corrected chi connectivity index (χ1v) is 8.20. The predicted molar refractivity (Wildman–Crippen MR) is 87.4 cm³/mol. The largest absolute Gasteiger partial charge is 0.489 e. The van der Waals surface area contributed by atoms with E-state index in [4.69, 9.17) is 4.74 Å². The standard InChI is InChI=1S/C17H25N3O2/c1-14(21)19-9-11-20(12-10-19)15-4-6-16(7-5-15)22-17-3-2-8-18-13-17/h4-7,17-18H,2-3,8-13H2,1H3. The van der Waals surface area contributed by atoms with Crippen LogP contribution in [-0.4, -0.2) is 56.2 Å². The molecule has 0 radical (unpaired) electrons. The van der Waals surface area contributed by atoms with Crippen LogP contribution in [0.3, 0.4) is 0 Å². The highest BCUT2D eigenvalue weighted by Crippen LogP contribution is 2.22. The number of amides is 1. The van der Waals surface area contributed by atoms with Gasteiger partial charge in [-0.25, -0.2) is 0 Å². The summed E-state index contributed by atoms with van der Waals surface area (Å²) in [7, 11) is 0. The summed E-state index contributed by atoms with van der Waals surface area (Å²) >= 11 is 0. The van der Waals surface area contributed by atoms with E-state index in [0.29, 0.717) is 6.10 Å². The van der Waals surface area contributed by atoms with Crippen LogP contribution in [0, 0.1) is 0 Å². The van der Waals surface area contributed by atoms with Gasteiger partial charge in [-0.1, -0.05) is 0 Å². The predicted octanol–water partition coefficient (Wildman–Crippen LogP) is 1.49. The lowest BCUT2D eigenvalue weighted by atomic mass is 10.1. The molecule has 2 aliphatic rings. The fourth-order valence-electron chi connectivity index (χ4n) is 3.13. The fraction of sp³-hybridized carbons (Fsp3) is 0.588.